The van der Waals surface area contributed by atoms with E-state index in [1.54, 1.807) is 23.0 Å². The highest BCUT2D eigenvalue weighted by Gasteiger charge is 2.38. The largest absolute Gasteiger partial charge is 0.320 e. The predicted octanol–water partition coefficient (Wildman–Crippen LogP) is 4.20. The van der Waals surface area contributed by atoms with Crippen LogP contribution < -0.4 is 0 Å². The summed E-state index contributed by atoms with van der Waals surface area (Å²) in [5.74, 6) is 0.0392. The minimum Gasteiger partial charge on any atom is -0.320 e. The number of aromatic nitrogens is 1. The molecule has 0 spiro atoms. The molecule has 1 fully saturated rings. The topological polar surface area (TPSA) is 53.5 Å². The summed E-state index contributed by atoms with van der Waals surface area (Å²) in [4.78, 5) is 31.1. The van der Waals surface area contributed by atoms with Crippen molar-refractivity contribution < 1.29 is 9.59 Å². The smallest absolute Gasteiger partial charge is 0.243 e. The van der Waals surface area contributed by atoms with Gasteiger partial charge in [0.2, 0.25) is 11.8 Å². The first-order chi connectivity index (χ1) is 13.0. The van der Waals surface area contributed by atoms with Crippen molar-refractivity contribution in [3.05, 3.63) is 66.0 Å². The molecule has 2 amide bonds. The third-order valence-electron chi connectivity index (χ3n) is 4.05. The maximum atomic E-state index is 12.1. The van der Waals surface area contributed by atoms with Crippen molar-refractivity contribution in [3.63, 3.8) is 0 Å². The summed E-state index contributed by atoms with van der Waals surface area (Å²) >= 11 is 0. The molecule has 0 aliphatic carbocycles. The van der Waals surface area contributed by atoms with Crippen LogP contribution >= 0.6 is 0 Å². The Morgan fingerprint density at radius 1 is 1.15 bits per heavy atom. The number of pyridine rings is 1. The highest BCUT2D eigenvalue weighted by molar-refractivity contribution is 5.88. The van der Waals surface area contributed by atoms with E-state index in [1.165, 1.54) is 5.56 Å². The fourth-order valence-corrected chi connectivity index (χ4v) is 2.75. The normalized spacial score (nSPS) is 15.4. The highest BCUT2D eigenvalue weighted by Crippen LogP contribution is 2.29. The summed E-state index contributed by atoms with van der Waals surface area (Å²) in [6.45, 7) is 8.18. The average Bonchev–Trinajstić information content (AvgIpc) is 3.00. The predicted molar refractivity (Wildman–Crippen MR) is 109 cm³/mol. The number of hydrogen-bond donors (Lipinski definition) is 0. The molecule has 1 aliphatic heterocycles. The van der Waals surface area contributed by atoms with Gasteiger partial charge in [0.15, 0.2) is 0 Å². The summed E-state index contributed by atoms with van der Waals surface area (Å²) in [6.07, 6.45) is 4.64. The molecule has 5 heteroatoms. The number of carbonyl (C=O) groups excluding carboxylic acids is 2. The molecule has 5 nitrogen and oxygen atoms in total. The van der Waals surface area contributed by atoms with Crippen LogP contribution in [0.25, 0.3) is 0 Å². The first-order valence-corrected chi connectivity index (χ1v) is 9.51. The number of likely N-dealkylation sites (N-methyl/N-ethyl adjacent to an activating group) is 1. The molecular formula is C22H31N3O2. The lowest BCUT2D eigenvalue weighted by Gasteiger charge is -2.27. The Hall–Kier alpha value is -2.69. The second-order valence-electron chi connectivity index (χ2n) is 6.09. The number of benzene rings is 1. The number of hydrogen-bond acceptors (Lipinski definition) is 3. The van der Waals surface area contributed by atoms with E-state index in [4.69, 9.17) is 0 Å². The minimum absolute atomic E-state index is 0.00620. The van der Waals surface area contributed by atoms with Crippen molar-refractivity contribution in [3.8, 4) is 0 Å². The molecule has 1 unspecified atom stereocenters. The van der Waals surface area contributed by atoms with Crippen LogP contribution in [-0.2, 0) is 9.59 Å². The molecule has 1 atom stereocenters. The molecule has 0 radical (unpaired) electrons. The summed E-state index contributed by atoms with van der Waals surface area (Å²) < 4.78 is 0. The third kappa shape index (κ3) is 6.51. The lowest BCUT2D eigenvalue weighted by Crippen LogP contribution is -2.33. The van der Waals surface area contributed by atoms with Crippen molar-refractivity contribution in [2.24, 2.45) is 0 Å². The van der Waals surface area contributed by atoms with Crippen molar-refractivity contribution in [1.82, 2.24) is 14.8 Å². The van der Waals surface area contributed by atoms with Gasteiger partial charge in [0.05, 0.1) is 0 Å². The molecular weight excluding hydrogens is 338 g/mol. The summed E-state index contributed by atoms with van der Waals surface area (Å²) in [6, 6.07) is 13.6. The van der Waals surface area contributed by atoms with Gasteiger partial charge in [0, 0.05) is 25.9 Å². The van der Waals surface area contributed by atoms with E-state index >= 15 is 0 Å². The number of rotatable bonds is 3. The van der Waals surface area contributed by atoms with E-state index in [0.29, 0.717) is 6.42 Å². The summed E-state index contributed by atoms with van der Waals surface area (Å²) in [5, 5.41) is 0. The van der Waals surface area contributed by atoms with Crippen LogP contribution in [-0.4, -0.2) is 40.2 Å². The van der Waals surface area contributed by atoms with Gasteiger partial charge < -0.3 is 9.80 Å². The van der Waals surface area contributed by atoms with E-state index in [2.05, 4.69) is 4.98 Å². The van der Waals surface area contributed by atoms with Crippen molar-refractivity contribution in [2.45, 2.75) is 46.7 Å². The fraction of sp³-hybridized carbons (Fsp3) is 0.409. The molecule has 1 aromatic heterocycles. The Bertz CT molecular complexity index is 689. The first kappa shape index (κ1) is 22.4. The lowest BCUT2D eigenvalue weighted by molar-refractivity contribution is -0.133. The zero-order valence-corrected chi connectivity index (χ0v) is 17.1. The van der Waals surface area contributed by atoms with Crippen LogP contribution in [0.1, 0.15) is 50.9 Å². The van der Waals surface area contributed by atoms with Crippen LogP contribution in [0.5, 0.6) is 0 Å². The van der Waals surface area contributed by atoms with Crippen molar-refractivity contribution >= 4 is 11.8 Å². The number of nitrogens with zero attached hydrogens (tertiary/aromatic N) is 3. The quantitative estimate of drug-likeness (QED) is 0.815. The number of amides is 2. The SMILES string of the molecule is CC.CCCC(=O)N1CC(=O)N(C)C1c1ccccc1.Cc1cccnc1. The Labute approximate surface area is 163 Å². The van der Waals surface area contributed by atoms with E-state index in [-0.39, 0.29) is 24.5 Å². The van der Waals surface area contributed by atoms with Crippen LogP contribution in [0, 0.1) is 6.92 Å². The summed E-state index contributed by atoms with van der Waals surface area (Å²) in [7, 11) is 1.75. The molecule has 27 heavy (non-hydrogen) atoms. The van der Waals surface area contributed by atoms with Gasteiger partial charge in [-0.1, -0.05) is 57.2 Å². The van der Waals surface area contributed by atoms with Gasteiger partial charge in [-0.2, -0.15) is 0 Å². The highest BCUT2D eigenvalue weighted by atomic mass is 16.2. The summed E-state index contributed by atoms with van der Waals surface area (Å²) in [5.41, 5.74) is 2.19. The Morgan fingerprint density at radius 3 is 2.30 bits per heavy atom. The monoisotopic (exact) mass is 369 g/mol. The van der Waals surface area contributed by atoms with Gasteiger partial charge in [-0.15, -0.1) is 0 Å². The van der Waals surface area contributed by atoms with E-state index in [0.717, 1.165) is 12.0 Å². The lowest BCUT2D eigenvalue weighted by atomic mass is 10.1. The molecule has 2 heterocycles. The first-order valence-electron chi connectivity index (χ1n) is 9.51. The van der Waals surface area contributed by atoms with Gasteiger partial charge in [0.25, 0.3) is 0 Å². The maximum absolute atomic E-state index is 12.1. The Kier molecular flexibility index (Phi) is 9.80. The molecule has 1 aromatic carbocycles. The van der Waals surface area contributed by atoms with Gasteiger partial charge in [-0.3, -0.25) is 14.6 Å². The standard InChI is InChI=1S/C14H18N2O2.C6H7N.C2H6/c1-3-7-12(17)16-10-13(18)15(2)14(16)11-8-5-4-6-9-11;1-6-3-2-4-7-5-6;1-2/h4-6,8-9,14H,3,7,10H2,1-2H3;2-5H,1H3;1-2H3. The number of aryl methyl sites for hydroxylation is 1. The van der Waals surface area contributed by atoms with Gasteiger partial charge >= 0.3 is 0 Å². The molecule has 146 valence electrons. The second kappa shape index (κ2) is 11.8. The van der Waals surface area contributed by atoms with Crippen LogP contribution in [0.2, 0.25) is 0 Å². The van der Waals surface area contributed by atoms with Crippen LogP contribution in [0.15, 0.2) is 54.9 Å². The van der Waals surface area contributed by atoms with E-state index in [1.807, 2.05) is 76.4 Å². The van der Waals surface area contributed by atoms with Gasteiger partial charge in [-0.05, 0) is 30.5 Å². The molecule has 0 bridgehead atoms. The minimum atomic E-state index is -0.252. The number of carbonyl (C=O) groups is 2. The molecule has 2 aromatic rings. The van der Waals surface area contributed by atoms with Gasteiger partial charge in [0.1, 0.15) is 12.7 Å². The Balaban J connectivity index is 0.000000338. The third-order valence-corrected chi connectivity index (χ3v) is 4.05. The average molecular weight is 370 g/mol. The molecule has 0 saturated carbocycles. The van der Waals surface area contributed by atoms with E-state index < -0.39 is 0 Å². The molecule has 1 aliphatic rings. The fourth-order valence-electron chi connectivity index (χ4n) is 2.75. The molecule has 1 saturated heterocycles. The maximum Gasteiger partial charge on any atom is 0.243 e. The second-order valence-corrected chi connectivity index (χ2v) is 6.09. The zero-order valence-electron chi connectivity index (χ0n) is 17.1. The Morgan fingerprint density at radius 2 is 1.81 bits per heavy atom. The van der Waals surface area contributed by atoms with Crippen molar-refractivity contribution in [1.29, 1.82) is 0 Å². The zero-order chi connectivity index (χ0) is 20.2. The molecule has 3 rings (SSSR count). The molecule has 0 N–H and O–H groups in total. The van der Waals surface area contributed by atoms with Crippen molar-refractivity contribution in [2.75, 3.05) is 13.6 Å². The van der Waals surface area contributed by atoms with Gasteiger partial charge in [-0.25, -0.2) is 0 Å². The van der Waals surface area contributed by atoms with E-state index in [9.17, 15) is 9.59 Å². The van der Waals surface area contributed by atoms with Crippen LogP contribution in [0.3, 0.4) is 0 Å². The van der Waals surface area contributed by atoms with Crippen LogP contribution in [0.4, 0.5) is 0 Å².